The van der Waals surface area contributed by atoms with Gasteiger partial charge in [0.05, 0.1) is 10.8 Å². The van der Waals surface area contributed by atoms with Gasteiger partial charge in [-0.1, -0.05) is 27.7 Å². The molecule has 0 aromatic rings. The van der Waals surface area contributed by atoms with E-state index in [1.54, 1.807) is 20.8 Å². The highest BCUT2D eigenvalue weighted by molar-refractivity contribution is 6.32. The average Bonchev–Trinajstić information content (AvgIpc) is 2.80. The minimum Gasteiger partial charge on any atom is -0.510 e. The topological polar surface area (TPSA) is 71.4 Å². The third kappa shape index (κ3) is 1.46. The molecule has 3 aliphatic rings. The molecular weight excluding hydrogens is 280 g/mol. The first-order chi connectivity index (χ1) is 10.00. The quantitative estimate of drug-likeness (QED) is 0.629. The van der Waals surface area contributed by atoms with E-state index in [2.05, 4.69) is 13.8 Å². The maximum atomic E-state index is 13.1. The molecule has 1 N–H and O–H groups in total. The Kier molecular flexibility index (Phi) is 2.87. The van der Waals surface area contributed by atoms with Crippen molar-refractivity contribution in [3.63, 3.8) is 0 Å². The van der Waals surface area contributed by atoms with Crippen LogP contribution in [0.4, 0.5) is 0 Å². The van der Waals surface area contributed by atoms with Crippen molar-refractivity contribution in [3.8, 4) is 0 Å². The molecule has 3 aliphatic carbocycles. The van der Waals surface area contributed by atoms with Gasteiger partial charge in [-0.25, -0.2) is 0 Å². The van der Waals surface area contributed by atoms with Gasteiger partial charge in [-0.2, -0.15) is 0 Å². The van der Waals surface area contributed by atoms with E-state index in [1.807, 2.05) is 0 Å². The Morgan fingerprint density at radius 3 is 2.32 bits per heavy atom. The van der Waals surface area contributed by atoms with Gasteiger partial charge >= 0.3 is 0 Å². The number of hydrogen-bond donors (Lipinski definition) is 1. The van der Waals surface area contributed by atoms with Gasteiger partial charge in [-0.15, -0.1) is 0 Å². The van der Waals surface area contributed by atoms with Crippen molar-refractivity contribution in [1.82, 2.24) is 0 Å². The van der Waals surface area contributed by atoms with Crippen LogP contribution in [0.1, 0.15) is 53.9 Å². The van der Waals surface area contributed by atoms with E-state index in [0.717, 1.165) is 6.42 Å². The Morgan fingerprint density at radius 1 is 1.18 bits per heavy atom. The summed E-state index contributed by atoms with van der Waals surface area (Å²) in [6.07, 6.45) is 1.76. The van der Waals surface area contributed by atoms with Crippen LogP contribution in [0.25, 0.3) is 0 Å². The SMILES string of the molecule is CC(C)C(=O)C1=C(O)[C@]2(C)C[C@H]3C(C)(C)CC[C@]3(C1=O)C2=O. The summed E-state index contributed by atoms with van der Waals surface area (Å²) in [5.41, 5.74) is -2.38. The minimum atomic E-state index is -1.08. The zero-order chi connectivity index (χ0) is 16.7. The molecule has 22 heavy (non-hydrogen) atoms. The predicted octanol–water partition coefficient (Wildman–Crippen LogP) is 3.01. The Bertz CT molecular complexity index is 639. The molecule has 2 bridgehead atoms. The highest BCUT2D eigenvalue weighted by atomic mass is 16.3. The number of aliphatic hydroxyl groups excluding tert-OH is 1. The molecule has 120 valence electrons. The Morgan fingerprint density at radius 2 is 1.77 bits per heavy atom. The van der Waals surface area contributed by atoms with E-state index in [0.29, 0.717) is 12.8 Å². The van der Waals surface area contributed by atoms with Crippen LogP contribution in [-0.4, -0.2) is 22.5 Å². The second kappa shape index (κ2) is 4.09. The first-order valence-corrected chi connectivity index (χ1v) is 8.08. The van der Waals surface area contributed by atoms with Crippen molar-refractivity contribution < 1.29 is 19.5 Å². The molecule has 2 fully saturated rings. The lowest BCUT2D eigenvalue weighted by Gasteiger charge is -2.35. The van der Waals surface area contributed by atoms with Gasteiger partial charge in [0.25, 0.3) is 0 Å². The number of fused-ring (bicyclic) bond motifs is 1. The normalized spacial score (nSPS) is 39.6. The number of carbonyl (C=O) groups excluding carboxylic acids is 3. The molecule has 0 amide bonds. The zero-order valence-electron chi connectivity index (χ0n) is 13.9. The summed E-state index contributed by atoms with van der Waals surface area (Å²) in [6, 6.07) is 0. The van der Waals surface area contributed by atoms with E-state index in [-0.39, 0.29) is 40.1 Å². The van der Waals surface area contributed by atoms with E-state index in [9.17, 15) is 19.5 Å². The maximum Gasteiger partial charge on any atom is 0.183 e. The van der Waals surface area contributed by atoms with Crippen LogP contribution in [0, 0.1) is 28.1 Å². The second-order valence-corrected chi connectivity index (χ2v) is 8.45. The zero-order valence-corrected chi connectivity index (χ0v) is 13.9. The third-order valence-electron chi connectivity index (χ3n) is 6.38. The number of rotatable bonds is 2. The molecule has 1 spiro atoms. The van der Waals surface area contributed by atoms with Crippen LogP contribution in [0.15, 0.2) is 11.3 Å². The lowest BCUT2D eigenvalue weighted by molar-refractivity contribution is -0.144. The number of carbonyl (C=O) groups is 3. The standard InChI is InChI=1S/C18H24O4/c1-9(2)12(19)11-13(20)17(5)8-10-16(3,4)6-7-18(10,14(11)21)15(17)22/h9-10,20H,6-8H2,1-5H3/t10-,17-,18-/m0/s1. The molecular formula is C18H24O4. The summed E-state index contributed by atoms with van der Waals surface area (Å²) < 4.78 is 0. The lowest BCUT2D eigenvalue weighted by atomic mass is 9.64. The van der Waals surface area contributed by atoms with Crippen molar-refractivity contribution in [2.45, 2.75) is 53.9 Å². The van der Waals surface area contributed by atoms with Gasteiger partial charge in [-0.3, -0.25) is 14.4 Å². The molecule has 2 saturated carbocycles. The van der Waals surface area contributed by atoms with Crippen molar-refractivity contribution in [1.29, 1.82) is 0 Å². The number of allylic oxidation sites excluding steroid dienone is 2. The van der Waals surface area contributed by atoms with Gasteiger partial charge in [0.1, 0.15) is 11.3 Å². The Hall–Kier alpha value is -1.45. The van der Waals surface area contributed by atoms with Gasteiger partial charge < -0.3 is 5.11 Å². The molecule has 3 atom stereocenters. The van der Waals surface area contributed by atoms with Crippen molar-refractivity contribution in [2.75, 3.05) is 0 Å². The maximum absolute atomic E-state index is 13.1. The van der Waals surface area contributed by atoms with Crippen LogP contribution < -0.4 is 0 Å². The Labute approximate surface area is 131 Å². The molecule has 0 aromatic carbocycles. The van der Waals surface area contributed by atoms with E-state index >= 15 is 0 Å². The van der Waals surface area contributed by atoms with Gasteiger partial charge in [0, 0.05) is 5.92 Å². The van der Waals surface area contributed by atoms with Crippen LogP contribution in [0.3, 0.4) is 0 Å². The molecule has 4 nitrogen and oxygen atoms in total. The molecule has 0 unspecified atom stereocenters. The van der Waals surface area contributed by atoms with Crippen LogP contribution in [0.2, 0.25) is 0 Å². The van der Waals surface area contributed by atoms with Gasteiger partial charge in [0.15, 0.2) is 17.3 Å². The summed E-state index contributed by atoms with van der Waals surface area (Å²) in [6.45, 7) is 9.28. The fourth-order valence-corrected chi connectivity index (χ4v) is 4.95. The fourth-order valence-electron chi connectivity index (χ4n) is 4.95. The largest absolute Gasteiger partial charge is 0.510 e. The van der Waals surface area contributed by atoms with Crippen molar-refractivity contribution >= 4 is 17.3 Å². The fraction of sp³-hybridized carbons (Fsp3) is 0.722. The molecule has 0 heterocycles. The molecule has 3 rings (SSSR count). The van der Waals surface area contributed by atoms with E-state index < -0.39 is 16.6 Å². The average molecular weight is 304 g/mol. The molecule has 0 saturated heterocycles. The first kappa shape index (κ1) is 15.4. The predicted molar refractivity (Wildman–Crippen MR) is 81.2 cm³/mol. The number of aliphatic hydroxyl groups is 1. The molecule has 0 aromatic heterocycles. The highest BCUT2D eigenvalue weighted by Gasteiger charge is 2.74. The summed E-state index contributed by atoms with van der Waals surface area (Å²) >= 11 is 0. The molecule has 0 radical (unpaired) electrons. The first-order valence-electron chi connectivity index (χ1n) is 8.08. The number of hydrogen-bond acceptors (Lipinski definition) is 4. The summed E-state index contributed by atoms with van der Waals surface area (Å²) in [7, 11) is 0. The summed E-state index contributed by atoms with van der Waals surface area (Å²) in [5.74, 6) is -1.67. The number of ketones is 3. The van der Waals surface area contributed by atoms with Crippen LogP contribution in [-0.2, 0) is 14.4 Å². The Balaban J connectivity index is 2.25. The van der Waals surface area contributed by atoms with Crippen molar-refractivity contribution in [2.24, 2.45) is 28.1 Å². The highest BCUT2D eigenvalue weighted by Crippen LogP contribution is 2.69. The number of Topliss-reactive ketones (excluding diaryl/α,β-unsaturated/α-hetero) is 3. The van der Waals surface area contributed by atoms with Crippen LogP contribution in [0.5, 0.6) is 0 Å². The smallest absolute Gasteiger partial charge is 0.183 e. The van der Waals surface area contributed by atoms with Gasteiger partial charge in [-0.05, 0) is 37.5 Å². The lowest BCUT2D eigenvalue weighted by Crippen LogP contribution is -2.49. The van der Waals surface area contributed by atoms with Gasteiger partial charge in [0.2, 0.25) is 0 Å². The minimum absolute atomic E-state index is 0.0930. The van der Waals surface area contributed by atoms with Crippen LogP contribution >= 0.6 is 0 Å². The monoisotopic (exact) mass is 304 g/mol. The molecule has 0 aliphatic heterocycles. The van der Waals surface area contributed by atoms with Crippen molar-refractivity contribution in [3.05, 3.63) is 11.3 Å². The summed E-state index contributed by atoms with van der Waals surface area (Å²) in [5, 5.41) is 10.6. The van der Waals surface area contributed by atoms with E-state index in [1.165, 1.54) is 0 Å². The molecule has 4 heteroatoms. The second-order valence-electron chi connectivity index (χ2n) is 8.45. The van der Waals surface area contributed by atoms with E-state index in [4.69, 9.17) is 0 Å². The third-order valence-corrected chi connectivity index (χ3v) is 6.38. The summed E-state index contributed by atoms with van der Waals surface area (Å²) in [4.78, 5) is 38.6.